The molecule has 94 valence electrons. The lowest BCUT2D eigenvalue weighted by atomic mass is 10.1. The van der Waals surface area contributed by atoms with Gasteiger partial charge in [-0.2, -0.15) is 8.78 Å². The molecule has 1 rings (SSSR count). The lowest BCUT2D eigenvalue weighted by Gasteiger charge is -2.18. The van der Waals surface area contributed by atoms with E-state index in [9.17, 15) is 13.6 Å². The molecule has 0 atom stereocenters. The van der Waals surface area contributed by atoms with Crippen molar-refractivity contribution in [3.05, 3.63) is 23.8 Å². The van der Waals surface area contributed by atoms with Crippen molar-refractivity contribution in [3.63, 3.8) is 0 Å². The van der Waals surface area contributed by atoms with E-state index < -0.39 is 17.8 Å². The maximum atomic E-state index is 13.3. The summed E-state index contributed by atoms with van der Waals surface area (Å²) in [6.45, 7) is 3.54. The monoisotopic (exact) mass is 244 g/mol. The molecular weight excluding hydrogens is 230 g/mol. The number of alkyl halides is 2. The normalized spacial score (nSPS) is 11.4. The zero-order chi connectivity index (χ0) is 13.1. The zero-order valence-corrected chi connectivity index (χ0v) is 9.87. The Labute approximate surface area is 98.3 Å². The van der Waals surface area contributed by atoms with E-state index in [0.717, 1.165) is 6.07 Å². The molecule has 0 aliphatic rings. The minimum absolute atomic E-state index is 0.113. The van der Waals surface area contributed by atoms with Crippen molar-refractivity contribution in [2.45, 2.75) is 25.9 Å². The first-order valence-corrected chi connectivity index (χ1v) is 5.10. The number of hydrogen-bond donors (Lipinski definition) is 0. The van der Waals surface area contributed by atoms with E-state index in [1.807, 2.05) is 0 Å². The fourth-order valence-electron chi connectivity index (χ4n) is 1.40. The molecular formula is C12H14F2O3. The van der Waals surface area contributed by atoms with Crippen LogP contribution < -0.4 is 9.47 Å². The third kappa shape index (κ3) is 2.93. The summed E-state index contributed by atoms with van der Waals surface area (Å²) in [6.07, 6.45) is -0.590. The maximum Gasteiger partial charge on any atom is 0.331 e. The molecule has 0 bridgehead atoms. The standard InChI is InChI=1S/C12H14F2O3/c1-8(2)17-10-6-4-5-9(11(10)16-3)12(13,14)7-15/h4-8H,1-3H3. The van der Waals surface area contributed by atoms with Crippen LogP contribution >= 0.6 is 0 Å². The first kappa shape index (κ1) is 13.4. The molecule has 0 radical (unpaired) electrons. The Kier molecular flexibility index (Phi) is 4.04. The first-order valence-electron chi connectivity index (χ1n) is 5.10. The van der Waals surface area contributed by atoms with Gasteiger partial charge in [0.2, 0.25) is 0 Å². The highest BCUT2D eigenvalue weighted by molar-refractivity contribution is 5.67. The molecule has 0 amide bonds. The van der Waals surface area contributed by atoms with Gasteiger partial charge in [0.05, 0.1) is 18.8 Å². The summed E-state index contributed by atoms with van der Waals surface area (Å²) in [6, 6.07) is 4.05. The van der Waals surface area contributed by atoms with Gasteiger partial charge in [-0.05, 0) is 26.0 Å². The van der Waals surface area contributed by atoms with Crippen LogP contribution in [0.2, 0.25) is 0 Å². The molecule has 0 aliphatic carbocycles. The second-order valence-electron chi connectivity index (χ2n) is 3.74. The highest BCUT2D eigenvalue weighted by atomic mass is 19.3. The predicted octanol–water partition coefficient (Wildman–Crippen LogP) is 2.77. The van der Waals surface area contributed by atoms with Crippen molar-refractivity contribution in [1.29, 1.82) is 0 Å². The van der Waals surface area contributed by atoms with Crippen LogP contribution in [0, 0.1) is 0 Å². The van der Waals surface area contributed by atoms with Crippen molar-refractivity contribution in [1.82, 2.24) is 0 Å². The highest BCUT2D eigenvalue weighted by Gasteiger charge is 2.35. The van der Waals surface area contributed by atoms with Gasteiger partial charge >= 0.3 is 5.92 Å². The molecule has 0 spiro atoms. The summed E-state index contributed by atoms with van der Waals surface area (Å²) in [5.74, 6) is -3.50. The van der Waals surface area contributed by atoms with Crippen LogP contribution in [0.3, 0.4) is 0 Å². The number of para-hydroxylation sites is 1. The first-order chi connectivity index (χ1) is 7.92. The number of carbonyl (C=O) groups excluding carboxylic acids is 1. The molecule has 0 saturated heterocycles. The molecule has 0 heterocycles. The lowest BCUT2D eigenvalue weighted by molar-refractivity contribution is -0.130. The Morgan fingerprint density at radius 3 is 2.47 bits per heavy atom. The van der Waals surface area contributed by atoms with Gasteiger partial charge in [0.15, 0.2) is 17.8 Å². The number of halogens is 2. The summed E-state index contributed by atoms with van der Waals surface area (Å²) in [7, 11) is 1.26. The number of aldehydes is 1. The molecule has 0 aromatic heterocycles. The number of hydrogen-bond acceptors (Lipinski definition) is 3. The second kappa shape index (κ2) is 5.12. The summed E-state index contributed by atoms with van der Waals surface area (Å²) in [5.41, 5.74) is -0.492. The average molecular weight is 244 g/mol. The summed E-state index contributed by atoms with van der Waals surface area (Å²) in [4.78, 5) is 10.4. The van der Waals surface area contributed by atoms with E-state index >= 15 is 0 Å². The van der Waals surface area contributed by atoms with Gasteiger partial charge < -0.3 is 9.47 Å². The molecule has 1 aromatic carbocycles. The summed E-state index contributed by atoms with van der Waals surface area (Å²) in [5, 5.41) is 0. The third-order valence-electron chi connectivity index (χ3n) is 2.05. The molecule has 0 saturated carbocycles. The lowest BCUT2D eigenvalue weighted by Crippen LogP contribution is -2.17. The van der Waals surface area contributed by atoms with Crippen LogP contribution in [-0.4, -0.2) is 19.5 Å². The van der Waals surface area contributed by atoms with Crippen LogP contribution in [0.25, 0.3) is 0 Å². The van der Waals surface area contributed by atoms with Crippen molar-refractivity contribution >= 4 is 6.29 Å². The zero-order valence-electron chi connectivity index (χ0n) is 9.87. The molecule has 5 heteroatoms. The smallest absolute Gasteiger partial charge is 0.331 e. The molecule has 1 aromatic rings. The Morgan fingerprint density at radius 1 is 1.35 bits per heavy atom. The number of rotatable bonds is 5. The number of methoxy groups -OCH3 is 1. The largest absolute Gasteiger partial charge is 0.492 e. The van der Waals surface area contributed by atoms with Crippen molar-refractivity contribution in [3.8, 4) is 11.5 Å². The summed E-state index contributed by atoms with van der Waals surface area (Å²) < 4.78 is 36.9. The van der Waals surface area contributed by atoms with Gasteiger partial charge in [0.1, 0.15) is 0 Å². The van der Waals surface area contributed by atoms with E-state index in [4.69, 9.17) is 9.47 Å². The Morgan fingerprint density at radius 2 is 2.00 bits per heavy atom. The van der Waals surface area contributed by atoms with E-state index in [-0.39, 0.29) is 17.6 Å². The fourth-order valence-corrected chi connectivity index (χ4v) is 1.40. The molecule has 0 fully saturated rings. The minimum Gasteiger partial charge on any atom is -0.492 e. The topological polar surface area (TPSA) is 35.5 Å². The predicted molar refractivity (Wildman–Crippen MR) is 58.7 cm³/mol. The van der Waals surface area contributed by atoms with Crippen LogP contribution in [0.4, 0.5) is 8.78 Å². The van der Waals surface area contributed by atoms with Crippen molar-refractivity contribution in [2.24, 2.45) is 0 Å². The van der Waals surface area contributed by atoms with Crippen molar-refractivity contribution in [2.75, 3.05) is 7.11 Å². The number of benzene rings is 1. The minimum atomic E-state index is -3.58. The van der Waals surface area contributed by atoms with E-state index in [1.54, 1.807) is 13.8 Å². The van der Waals surface area contributed by atoms with Crippen LogP contribution in [0.1, 0.15) is 19.4 Å². The fraction of sp³-hybridized carbons (Fsp3) is 0.417. The van der Waals surface area contributed by atoms with E-state index in [2.05, 4.69) is 0 Å². The SMILES string of the molecule is COc1c(OC(C)C)cccc1C(F)(F)C=O. The van der Waals surface area contributed by atoms with Gasteiger partial charge in [0.25, 0.3) is 0 Å². The number of ether oxygens (including phenoxy) is 2. The van der Waals surface area contributed by atoms with Crippen LogP contribution in [0.15, 0.2) is 18.2 Å². The Hall–Kier alpha value is -1.65. The Bertz CT molecular complexity index is 403. The number of carbonyl (C=O) groups is 1. The van der Waals surface area contributed by atoms with Gasteiger partial charge in [0, 0.05) is 0 Å². The highest BCUT2D eigenvalue weighted by Crippen LogP contribution is 2.39. The van der Waals surface area contributed by atoms with Crippen LogP contribution in [-0.2, 0) is 10.7 Å². The molecule has 3 nitrogen and oxygen atoms in total. The van der Waals surface area contributed by atoms with Gasteiger partial charge in [-0.1, -0.05) is 6.07 Å². The molecule has 0 N–H and O–H groups in total. The van der Waals surface area contributed by atoms with E-state index in [0.29, 0.717) is 0 Å². The second-order valence-corrected chi connectivity index (χ2v) is 3.74. The van der Waals surface area contributed by atoms with Gasteiger partial charge in [-0.3, -0.25) is 4.79 Å². The van der Waals surface area contributed by atoms with E-state index in [1.165, 1.54) is 19.2 Å². The Balaban J connectivity index is 3.28. The van der Waals surface area contributed by atoms with Gasteiger partial charge in [-0.15, -0.1) is 0 Å². The van der Waals surface area contributed by atoms with Crippen molar-refractivity contribution < 1.29 is 23.0 Å². The maximum absolute atomic E-state index is 13.3. The molecule has 17 heavy (non-hydrogen) atoms. The van der Waals surface area contributed by atoms with Crippen LogP contribution in [0.5, 0.6) is 11.5 Å². The molecule has 0 aliphatic heterocycles. The summed E-state index contributed by atoms with van der Waals surface area (Å²) >= 11 is 0. The third-order valence-corrected chi connectivity index (χ3v) is 2.05. The quantitative estimate of drug-likeness (QED) is 0.747. The molecule has 0 unspecified atom stereocenters. The average Bonchev–Trinajstić information content (AvgIpc) is 2.28. The van der Waals surface area contributed by atoms with Gasteiger partial charge in [-0.25, -0.2) is 0 Å².